The van der Waals surface area contributed by atoms with E-state index in [4.69, 9.17) is 28.1 Å². The molecule has 2 fully saturated rings. The molecule has 40 heavy (non-hydrogen) atoms. The van der Waals surface area contributed by atoms with E-state index in [2.05, 4.69) is 0 Å². The van der Waals surface area contributed by atoms with Crippen molar-refractivity contribution in [2.24, 2.45) is 0 Å². The highest BCUT2D eigenvalue weighted by Crippen LogP contribution is 2.40. The van der Waals surface area contributed by atoms with Gasteiger partial charge in [-0.05, 0) is 18.6 Å². The summed E-state index contributed by atoms with van der Waals surface area (Å²) in [6, 6.07) is 5.18. The summed E-state index contributed by atoms with van der Waals surface area (Å²) in [5.41, 5.74) is -0.235. The molecular formula is C25H32O15. The molecule has 15 heteroatoms. The van der Waals surface area contributed by atoms with Gasteiger partial charge in [0.05, 0.1) is 32.0 Å². The van der Waals surface area contributed by atoms with Gasteiger partial charge < -0.3 is 69.0 Å². The Labute approximate surface area is 226 Å². The largest absolute Gasteiger partial charge is 0.496 e. The lowest BCUT2D eigenvalue weighted by molar-refractivity contribution is -0.278. The van der Waals surface area contributed by atoms with E-state index in [1.165, 1.54) is 25.3 Å². The maximum Gasteiger partial charge on any atom is 0.339 e. The zero-order chi connectivity index (χ0) is 29.3. The molecule has 0 unspecified atom stereocenters. The summed E-state index contributed by atoms with van der Waals surface area (Å²) in [4.78, 5) is 12.2. The van der Waals surface area contributed by atoms with Gasteiger partial charge in [0, 0.05) is 12.1 Å². The third-order valence-corrected chi connectivity index (χ3v) is 6.69. The number of aliphatic hydroxyl groups is 8. The second kappa shape index (κ2) is 12.4. The van der Waals surface area contributed by atoms with Crippen molar-refractivity contribution in [3.63, 3.8) is 0 Å². The first kappa shape index (κ1) is 30.1. The highest BCUT2D eigenvalue weighted by Gasteiger charge is 2.46. The van der Waals surface area contributed by atoms with Crippen molar-refractivity contribution in [2.75, 3.05) is 20.3 Å². The summed E-state index contributed by atoms with van der Waals surface area (Å²) in [7, 11) is 1.34. The van der Waals surface area contributed by atoms with Crippen LogP contribution in [0.4, 0.5) is 0 Å². The van der Waals surface area contributed by atoms with E-state index in [-0.39, 0.29) is 28.6 Å². The van der Waals surface area contributed by atoms with E-state index >= 15 is 0 Å². The second-order valence-corrected chi connectivity index (χ2v) is 9.42. The Morgan fingerprint density at radius 1 is 0.725 bits per heavy atom. The summed E-state index contributed by atoms with van der Waals surface area (Å²) in [6.45, 7) is 0.194. The number of methoxy groups -OCH3 is 1. The lowest BCUT2D eigenvalue weighted by atomic mass is 9.99. The number of hydrogen-bond acceptors (Lipinski definition) is 15. The van der Waals surface area contributed by atoms with Crippen molar-refractivity contribution in [1.29, 1.82) is 0 Å². The smallest absolute Gasteiger partial charge is 0.339 e. The quantitative estimate of drug-likeness (QED) is 0.157. The molecule has 0 radical (unpaired) electrons. The molecule has 1 aromatic heterocycles. The third-order valence-electron chi connectivity index (χ3n) is 6.69. The van der Waals surface area contributed by atoms with Crippen molar-refractivity contribution in [2.45, 2.75) is 68.3 Å². The van der Waals surface area contributed by atoms with Crippen LogP contribution in [0.2, 0.25) is 0 Å². The molecule has 0 amide bonds. The van der Waals surface area contributed by atoms with E-state index in [1.54, 1.807) is 6.92 Å². The van der Waals surface area contributed by atoms with E-state index in [1.807, 2.05) is 0 Å². The molecule has 1 aromatic carbocycles. The summed E-state index contributed by atoms with van der Waals surface area (Å²) >= 11 is 0. The summed E-state index contributed by atoms with van der Waals surface area (Å²) in [5, 5.41) is 80.4. The number of aryl methyl sites for hydroxylation is 1. The monoisotopic (exact) mass is 572 g/mol. The van der Waals surface area contributed by atoms with Gasteiger partial charge in [-0.3, -0.25) is 0 Å². The number of hydrogen-bond donors (Lipinski definition) is 8. The average Bonchev–Trinajstić information content (AvgIpc) is 2.93. The van der Waals surface area contributed by atoms with Crippen LogP contribution in [0.25, 0.3) is 11.3 Å². The number of ether oxygens (including phenoxy) is 5. The molecule has 10 atom stereocenters. The molecule has 2 aliphatic rings. The summed E-state index contributed by atoms with van der Waals surface area (Å²) in [6.07, 6.45) is -15.9. The predicted molar refractivity (Wildman–Crippen MR) is 130 cm³/mol. The van der Waals surface area contributed by atoms with E-state index < -0.39 is 80.3 Å². The van der Waals surface area contributed by atoms with Crippen molar-refractivity contribution in [1.82, 2.24) is 0 Å². The van der Waals surface area contributed by atoms with Crippen molar-refractivity contribution >= 4 is 0 Å². The first-order chi connectivity index (χ1) is 19.0. The van der Waals surface area contributed by atoms with Crippen LogP contribution in [-0.4, -0.2) is 123 Å². The van der Waals surface area contributed by atoms with Gasteiger partial charge in [-0.2, -0.15) is 0 Å². The SMILES string of the molecule is COc1cc(-c2c(C)cc(O[C@@H]3O[C@H](CO)[C@@H](O)[C@H](O)[C@H]3O)cc2O[C@@H]2O[C@H](CO)[C@@H](O)[C@H](O)[C@H]2O)oc(=O)c1. The molecule has 222 valence electrons. The highest BCUT2D eigenvalue weighted by molar-refractivity contribution is 5.72. The average molecular weight is 573 g/mol. The Balaban J connectivity index is 1.75. The van der Waals surface area contributed by atoms with Gasteiger partial charge in [-0.25, -0.2) is 4.79 Å². The van der Waals surface area contributed by atoms with Crippen molar-refractivity contribution < 1.29 is 69.0 Å². The molecule has 0 saturated carbocycles. The Morgan fingerprint density at radius 2 is 1.27 bits per heavy atom. The zero-order valence-electron chi connectivity index (χ0n) is 21.4. The summed E-state index contributed by atoms with van der Waals surface area (Å²) < 4.78 is 32.9. The number of rotatable bonds is 8. The van der Waals surface area contributed by atoms with Gasteiger partial charge in [-0.1, -0.05) is 0 Å². The van der Waals surface area contributed by atoms with Gasteiger partial charge >= 0.3 is 5.63 Å². The Morgan fingerprint density at radius 3 is 1.80 bits per heavy atom. The second-order valence-electron chi connectivity index (χ2n) is 9.42. The molecule has 4 rings (SSSR count). The standard InChI is InChI=1S/C25H32O15/c1-9-3-11(36-24-22(33)20(31)18(29)14(7-26)39-24)5-13(17(9)12-4-10(35-2)6-16(28)37-12)38-25-23(34)21(32)19(30)15(8-27)40-25/h3-6,14-15,18-27,29-34H,7-8H2,1-2H3/t14-,15-,18-,19-,20+,21+,22-,23-,24-,25-/m1/s1. The predicted octanol–water partition coefficient (Wildman–Crippen LogP) is -3.02. The van der Waals surface area contributed by atoms with Crippen molar-refractivity contribution in [3.8, 4) is 28.6 Å². The summed E-state index contributed by atoms with van der Waals surface area (Å²) in [5.74, 6) is -0.0392. The normalized spacial score (nSPS) is 34.4. The molecule has 0 aliphatic carbocycles. The minimum Gasteiger partial charge on any atom is -0.496 e. The molecule has 0 bridgehead atoms. The van der Waals surface area contributed by atoms with E-state index in [9.17, 15) is 45.6 Å². The fourth-order valence-corrected chi connectivity index (χ4v) is 4.48. The van der Waals surface area contributed by atoms with Gasteiger partial charge in [0.15, 0.2) is 0 Å². The molecule has 2 saturated heterocycles. The zero-order valence-corrected chi connectivity index (χ0v) is 21.4. The Bertz CT molecular complexity index is 1210. The Hall–Kier alpha value is -2.83. The fraction of sp³-hybridized carbons (Fsp3) is 0.560. The highest BCUT2D eigenvalue weighted by atomic mass is 16.7. The van der Waals surface area contributed by atoms with Crippen molar-refractivity contribution in [3.05, 3.63) is 40.2 Å². The first-order valence-electron chi connectivity index (χ1n) is 12.3. The topological polar surface area (TPSA) is 238 Å². The fourth-order valence-electron chi connectivity index (χ4n) is 4.48. The molecule has 3 heterocycles. The molecule has 2 aliphatic heterocycles. The van der Waals surface area contributed by atoms with Crippen LogP contribution >= 0.6 is 0 Å². The lowest BCUT2D eigenvalue weighted by Crippen LogP contribution is -2.60. The van der Waals surface area contributed by atoms with Gasteiger partial charge in [0.2, 0.25) is 12.6 Å². The lowest BCUT2D eigenvalue weighted by Gasteiger charge is -2.40. The maximum atomic E-state index is 12.2. The number of benzene rings is 1. The molecule has 2 aromatic rings. The van der Waals surface area contributed by atoms with Gasteiger partial charge in [0.1, 0.15) is 71.8 Å². The Kier molecular flexibility index (Phi) is 9.31. The van der Waals surface area contributed by atoms with Crippen LogP contribution in [0.15, 0.2) is 33.5 Å². The minimum atomic E-state index is -1.78. The van der Waals surface area contributed by atoms with Crippen LogP contribution in [0.1, 0.15) is 5.56 Å². The van der Waals surface area contributed by atoms with Crippen LogP contribution in [-0.2, 0) is 9.47 Å². The van der Waals surface area contributed by atoms with Gasteiger partial charge in [-0.15, -0.1) is 0 Å². The third kappa shape index (κ3) is 5.94. The molecule has 15 nitrogen and oxygen atoms in total. The van der Waals surface area contributed by atoms with E-state index in [0.717, 1.165) is 6.07 Å². The van der Waals surface area contributed by atoms with Crippen LogP contribution in [0.5, 0.6) is 17.2 Å². The van der Waals surface area contributed by atoms with Gasteiger partial charge in [0.25, 0.3) is 0 Å². The van der Waals surface area contributed by atoms with E-state index in [0.29, 0.717) is 5.56 Å². The molecular weight excluding hydrogens is 540 g/mol. The first-order valence-corrected chi connectivity index (χ1v) is 12.3. The van der Waals surface area contributed by atoms with Crippen LogP contribution in [0.3, 0.4) is 0 Å². The van der Waals surface area contributed by atoms with Crippen LogP contribution in [0, 0.1) is 6.92 Å². The molecule has 8 N–H and O–H groups in total. The minimum absolute atomic E-state index is 0.0270. The van der Waals surface area contributed by atoms with Crippen LogP contribution < -0.4 is 19.8 Å². The number of aliphatic hydroxyl groups excluding tert-OH is 8. The maximum absolute atomic E-state index is 12.2. The molecule has 0 spiro atoms.